The molecule has 230 valence electrons. The maximum Gasteiger partial charge on any atom is 0.343 e. The van der Waals surface area contributed by atoms with Crippen molar-refractivity contribution in [1.82, 2.24) is 20.8 Å². The molecular weight excluding hydrogens is 570 g/mol. The molecule has 1 heterocycles. The van der Waals surface area contributed by atoms with Crippen molar-refractivity contribution in [2.24, 2.45) is 0 Å². The number of benzene rings is 2. The number of unbranched alkanes of at least 4 members (excludes halogenated alkanes) is 3. The predicted octanol–water partition coefficient (Wildman–Crippen LogP) is 5.43. The number of amides is 2. The summed E-state index contributed by atoms with van der Waals surface area (Å²) >= 11 is 1.55. The van der Waals surface area contributed by atoms with E-state index in [-0.39, 0.29) is 35.8 Å². The number of para-hydroxylation sites is 2. The second kappa shape index (κ2) is 16.9. The molecule has 2 amide bonds. The summed E-state index contributed by atoms with van der Waals surface area (Å²) in [5.41, 5.74) is 4.65. The van der Waals surface area contributed by atoms with Crippen LogP contribution in [0.1, 0.15) is 66.7 Å². The van der Waals surface area contributed by atoms with Gasteiger partial charge in [0, 0.05) is 43.7 Å². The molecule has 0 aliphatic heterocycles. The lowest BCUT2D eigenvalue weighted by Gasteiger charge is -2.21. The van der Waals surface area contributed by atoms with Crippen molar-refractivity contribution in [2.45, 2.75) is 52.1 Å². The molecule has 3 rings (SSSR count). The molecule has 0 unspecified atom stereocenters. The Morgan fingerprint density at radius 2 is 1.72 bits per heavy atom. The summed E-state index contributed by atoms with van der Waals surface area (Å²) < 4.78 is 7.41. The van der Waals surface area contributed by atoms with Crippen LogP contribution in [-0.4, -0.2) is 58.9 Å². The third-order valence-corrected chi connectivity index (χ3v) is 7.01. The van der Waals surface area contributed by atoms with Gasteiger partial charge >= 0.3 is 5.97 Å². The molecule has 0 fully saturated rings. The summed E-state index contributed by atoms with van der Waals surface area (Å²) in [5.74, 6) is -0.565. The average Bonchev–Trinajstić information content (AvgIpc) is 3.00. The molecule has 12 nitrogen and oxygen atoms in total. The van der Waals surface area contributed by atoms with Crippen LogP contribution in [0, 0.1) is 0 Å². The Hall–Kier alpha value is -4.36. The van der Waals surface area contributed by atoms with Crippen LogP contribution in [0.15, 0.2) is 54.7 Å². The highest BCUT2D eigenvalue weighted by Crippen LogP contribution is 2.32. The minimum atomic E-state index is -0.538. The molecule has 0 saturated heterocycles. The van der Waals surface area contributed by atoms with E-state index in [9.17, 15) is 14.4 Å². The number of nitrogens with zero attached hydrogens (tertiary/aromatic N) is 3. The lowest BCUT2D eigenvalue weighted by atomic mass is 10.1. The second-order valence-electron chi connectivity index (χ2n) is 9.89. The number of hydroxylamine groups is 1. The van der Waals surface area contributed by atoms with Crippen LogP contribution in [0.4, 0.5) is 28.8 Å². The van der Waals surface area contributed by atoms with Gasteiger partial charge in [0.2, 0.25) is 11.9 Å². The Morgan fingerprint density at radius 1 is 1.00 bits per heavy atom. The molecule has 0 bridgehead atoms. The number of nitrogens with one attached hydrogen (secondary N) is 4. The fourth-order valence-corrected chi connectivity index (χ4v) is 4.36. The molecule has 0 spiro atoms. The summed E-state index contributed by atoms with van der Waals surface area (Å²) in [6, 6.07) is 14.6. The third-order valence-electron chi connectivity index (χ3n) is 6.27. The summed E-state index contributed by atoms with van der Waals surface area (Å²) in [7, 11) is 1.95. The molecule has 0 radical (unpaired) electrons. The number of ether oxygens (including phenoxy) is 1. The predicted molar refractivity (Wildman–Crippen MR) is 169 cm³/mol. The number of carbonyl (C=O) groups excluding carboxylic acids is 3. The monoisotopic (exact) mass is 609 g/mol. The van der Waals surface area contributed by atoms with Crippen LogP contribution < -0.4 is 25.7 Å². The van der Waals surface area contributed by atoms with Crippen LogP contribution >= 0.6 is 11.9 Å². The first-order valence-corrected chi connectivity index (χ1v) is 15.2. The van der Waals surface area contributed by atoms with Crippen molar-refractivity contribution in [1.29, 1.82) is 0 Å². The number of aromatic nitrogens is 2. The smallest absolute Gasteiger partial charge is 0.343 e. The average molecular weight is 610 g/mol. The minimum absolute atomic E-state index is 0.184. The fourth-order valence-electron chi connectivity index (χ4n) is 4.00. The van der Waals surface area contributed by atoms with Crippen LogP contribution in [-0.2, 0) is 9.53 Å². The summed E-state index contributed by atoms with van der Waals surface area (Å²) in [5, 5.41) is 17.8. The van der Waals surface area contributed by atoms with Crippen LogP contribution in [0.3, 0.4) is 0 Å². The highest BCUT2D eigenvalue weighted by atomic mass is 32.2. The van der Waals surface area contributed by atoms with Gasteiger partial charge in [0.1, 0.15) is 5.56 Å². The number of hydrogen-bond donors (Lipinski definition) is 5. The molecule has 5 N–H and O–H groups in total. The van der Waals surface area contributed by atoms with E-state index in [0.29, 0.717) is 24.2 Å². The Morgan fingerprint density at radius 3 is 2.42 bits per heavy atom. The molecule has 0 aliphatic rings. The maximum atomic E-state index is 12.9. The number of carbonyl (C=O) groups is 3. The largest absolute Gasteiger partial charge is 0.459 e. The van der Waals surface area contributed by atoms with Gasteiger partial charge in [0.15, 0.2) is 5.82 Å². The van der Waals surface area contributed by atoms with Gasteiger partial charge < -0.3 is 25.0 Å². The normalized spacial score (nSPS) is 10.7. The molecule has 3 aromatic rings. The SMILES string of the molecule is CSN(C)c1ccccc1Nc1nc(Nc2ccc(C(=O)NCCCCCCC(=O)NO)cc2)ncc1C(=O)OC(C)C. The van der Waals surface area contributed by atoms with Crippen LogP contribution in [0.5, 0.6) is 0 Å². The van der Waals surface area contributed by atoms with Crippen molar-refractivity contribution >= 4 is 58.6 Å². The van der Waals surface area contributed by atoms with E-state index in [1.54, 1.807) is 55.5 Å². The zero-order valence-corrected chi connectivity index (χ0v) is 25.7. The lowest BCUT2D eigenvalue weighted by Crippen LogP contribution is -2.24. The number of hydrogen-bond acceptors (Lipinski definition) is 11. The lowest BCUT2D eigenvalue weighted by molar-refractivity contribution is -0.129. The Kier molecular flexibility index (Phi) is 13.0. The van der Waals surface area contributed by atoms with Gasteiger partial charge in [0.05, 0.1) is 17.5 Å². The van der Waals surface area contributed by atoms with Crippen molar-refractivity contribution in [3.63, 3.8) is 0 Å². The first kappa shape index (κ1) is 33.1. The van der Waals surface area contributed by atoms with E-state index in [1.807, 2.05) is 41.9 Å². The van der Waals surface area contributed by atoms with Crippen molar-refractivity contribution < 1.29 is 24.3 Å². The summed E-state index contributed by atoms with van der Waals surface area (Å²) in [6.45, 7) is 4.08. The van der Waals surface area contributed by atoms with Gasteiger partial charge in [-0.15, -0.1) is 0 Å². The highest BCUT2D eigenvalue weighted by Gasteiger charge is 2.19. The number of rotatable bonds is 16. The van der Waals surface area contributed by atoms with Gasteiger partial charge in [-0.05, 0) is 63.1 Å². The number of anilines is 5. The quantitative estimate of drug-likeness (QED) is 0.0464. The zero-order valence-electron chi connectivity index (χ0n) is 24.8. The van der Waals surface area contributed by atoms with Crippen molar-refractivity contribution in [3.05, 3.63) is 65.9 Å². The van der Waals surface area contributed by atoms with E-state index >= 15 is 0 Å². The standard InChI is InChI=1S/C30H39N7O5S/c1-20(2)42-29(40)23-19-32-30(35-27(23)34-24-11-8-9-12-25(24)37(3)43-4)33-22-16-14-21(15-17-22)28(39)31-18-10-6-5-7-13-26(38)36-41/h8-9,11-12,14-17,19-20,41H,5-7,10,13,18H2,1-4H3,(H,31,39)(H,36,38)(H2,32,33,34,35). The Labute approximate surface area is 256 Å². The summed E-state index contributed by atoms with van der Waals surface area (Å²) in [6.07, 6.45) is 6.54. The van der Waals surface area contributed by atoms with E-state index in [4.69, 9.17) is 9.94 Å². The topological polar surface area (TPSA) is 158 Å². The van der Waals surface area contributed by atoms with Crippen LogP contribution in [0.2, 0.25) is 0 Å². The van der Waals surface area contributed by atoms with Gasteiger partial charge in [-0.3, -0.25) is 14.8 Å². The summed E-state index contributed by atoms with van der Waals surface area (Å²) in [4.78, 5) is 45.3. The molecule has 0 atom stereocenters. The van der Waals surface area contributed by atoms with Gasteiger partial charge in [-0.1, -0.05) is 36.9 Å². The fraction of sp³-hybridized carbons (Fsp3) is 0.367. The van der Waals surface area contributed by atoms with E-state index in [1.165, 1.54) is 6.20 Å². The van der Waals surface area contributed by atoms with Crippen molar-refractivity contribution in [3.8, 4) is 0 Å². The Bertz CT molecular complexity index is 1370. The molecular formula is C30H39N7O5S. The van der Waals surface area contributed by atoms with Gasteiger partial charge in [-0.2, -0.15) is 4.98 Å². The first-order valence-electron chi connectivity index (χ1n) is 14.0. The molecule has 43 heavy (non-hydrogen) atoms. The molecule has 1 aromatic heterocycles. The van der Waals surface area contributed by atoms with Gasteiger partial charge in [0.25, 0.3) is 5.91 Å². The molecule has 2 aromatic carbocycles. The van der Waals surface area contributed by atoms with Gasteiger partial charge in [-0.25, -0.2) is 15.3 Å². The number of esters is 1. The van der Waals surface area contributed by atoms with Crippen molar-refractivity contribution in [2.75, 3.05) is 34.8 Å². The third kappa shape index (κ3) is 10.5. The van der Waals surface area contributed by atoms with E-state index < -0.39 is 11.9 Å². The molecule has 13 heteroatoms. The molecule has 0 saturated carbocycles. The second-order valence-corrected chi connectivity index (χ2v) is 10.8. The first-order chi connectivity index (χ1) is 20.7. The highest BCUT2D eigenvalue weighted by molar-refractivity contribution is 7.99. The minimum Gasteiger partial charge on any atom is -0.459 e. The van der Waals surface area contributed by atoms with E-state index in [2.05, 4.69) is 25.9 Å². The zero-order chi connectivity index (χ0) is 31.2. The Balaban J connectivity index is 1.66. The molecule has 0 aliphatic carbocycles. The van der Waals surface area contributed by atoms with E-state index in [0.717, 1.165) is 30.6 Å². The van der Waals surface area contributed by atoms with Crippen LogP contribution in [0.25, 0.3) is 0 Å². The maximum absolute atomic E-state index is 12.9.